The number of imide groups is 1. The van der Waals surface area contributed by atoms with E-state index in [0.717, 1.165) is 11.0 Å². The fourth-order valence-corrected chi connectivity index (χ4v) is 3.01. The third kappa shape index (κ3) is 2.69. The zero-order chi connectivity index (χ0) is 16.7. The number of rotatable bonds is 2. The number of nitrogens with one attached hydrogen (secondary N) is 1. The van der Waals surface area contributed by atoms with Gasteiger partial charge in [-0.25, -0.2) is 0 Å². The van der Waals surface area contributed by atoms with Gasteiger partial charge in [0.05, 0.1) is 22.9 Å². The minimum Gasteiger partial charge on any atom is -0.379 e. The number of nitro groups is 1. The van der Waals surface area contributed by atoms with Gasteiger partial charge in [0.25, 0.3) is 11.6 Å². The first-order chi connectivity index (χ1) is 10.9. The third-order valence-corrected chi connectivity index (χ3v) is 4.16. The quantitative estimate of drug-likeness (QED) is 0.380. The Morgan fingerprint density at radius 2 is 2.00 bits per heavy atom. The Balaban J connectivity index is 1.95. The molecule has 1 fully saturated rings. The first kappa shape index (κ1) is 15.5. The van der Waals surface area contributed by atoms with Crippen LogP contribution in [0.3, 0.4) is 0 Å². The molecule has 2 amide bonds. The number of benzene rings is 1. The van der Waals surface area contributed by atoms with Crippen molar-refractivity contribution >= 4 is 17.5 Å². The molecule has 0 bridgehead atoms. The van der Waals surface area contributed by atoms with E-state index in [1.54, 1.807) is 0 Å². The molecule has 1 aromatic rings. The van der Waals surface area contributed by atoms with Crippen LogP contribution in [-0.2, 0) is 11.2 Å². The van der Waals surface area contributed by atoms with Crippen LogP contribution in [0.5, 0.6) is 0 Å². The maximum Gasteiger partial charge on any atom is 0.270 e. The summed E-state index contributed by atoms with van der Waals surface area (Å²) in [6.07, 6.45) is -1.68. The summed E-state index contributed by atoms with van der Waals surface area (Å²) in [5.41, 5.74) is 0.293. The summed E-state index contributed by atoms with van der Waals surface area (Å²) >= 11 is 0. The number of aliphatic hydroxyl groups is 2. The molecule has 3 N–H and O–H groups in total. The van der Waals surface area contributed by atoms with Crippen molar-refractivity contribution in [3.63, 3.8) is 0 Å². The smallest absolute Gasteiger partial charge is 0.270 e. The molecule has 3 rings (SSSR count). The van der Waals surface area contributed by atoms with Gasteiger partial charge in [0, 0.05) is 12.1 Å². The number of fused-ring (bicyclic) bond motifs is 1. The molecule has 2 aliphatic heterocycles. The summed E-state index contributed by atoms with van der Waals surface area (Å²) < 4.78 is 0. The number of carbonyl (C=O) groups is 2. The molecular formula is C14H15N3O6. The van der Waals surface area contributed by atoms with Gasteiger partial charge in [0.2, 0.25) is 5.91 Å². The van der Waals surface area contributed by atoms with Crippen LogP contribution in [0.4, 0.5) is 5.69 Å². The highest BCUT2D eigenvalue weighted by molar-refractivity contribution is 6.10. The Labute approximate surface area is 130 Å². The summed E-state index contributed by atoms with van der Waals surface area (Å²) in [5, 5.41) is 32.8. The molecule has 122 valence electrons. The molecule has 3 atom stereocenters. The summed E-state index contributed by atoms with van der Waals surface area (Å²) in [4.78, 5) is 36.1. The van der Waals surface area contributed by atoms with Crippen LogP contribution in [0, 0.1) is 10.1 Å². The summed E-state index contributed by atoms with van der Waals surface area (Å²) in [6.45, 7) is 0. The molecule has 0 spiro atoms. The van der Waals surface area contributed by atoms with Crippen LogP contribution in [0.25, 0.3) is 0 Å². The number of non-ortho nitro benzene ring substituents is 1. The molecule has 0 radical (unpaired) electrons. The predicted octanol–water partition coefficient (Wildman–Crippen LogP) is -0.492. The Bertz CT molecular complexity index is 691. The van der Waals surface area contributed by atoms with Crippen molar-refractivity contribution < 1.29 is 24.7 Å². The molecule has 2 heterocycles. The van der Waals surface area contributed by atoms with Crippen molar-refractivity contribution in [1.82, 2.24) is 10.2 Å². The first-order valence-corrected chi connectivity index (χ1v) is 7.14. The van der Waals surface area contributed by atoms with E-state index in [2.05, 4.69) is 5.32 Å². The lowest BCUT2D eigenvalue weighted by Gasteiger charge is -2.40. The fraction of sp³-hybridized carbons (Fsp3) is 0.429. The fourth-order valence-electron chi connectivity index (χ4n) is 3.01. The molecule has 0 saturated carbocycles. The van der Waals surface area contributed by atoms with Crippen LogP contribution in [0.2, 0.25) is 0 Å². The predicted molar refractivity (Wildman–Crippen MR) is 76.1 cm³/mol. The highest BCUT2D eigenvalue weighted by Crippen LogP contribution is 2.28. The molecule has 2 aliphatic rings. The molecule has 9 nitrogen and oxygen atoms in total. The average Bonchev–Trinajstić information content (AvgIpc) is 2.49. The molecule has 9 heteroatoms. The van der Waals surface area contributed by atoms with Gasteiger partial charge in [-0.1, -0.05) is 6.07 Å². The van der Waals surface area contributed by atoms with Crippen LogP contribution < -0.4 is 5.32 Å². The number of piperidine rings is 1. The van der Waals surface area contributed by atoms with Gasteiger partial charge in [0.15, 0.2) is 0 Å². The largest absolute Gasteiger partial charge is 0.379 e. The molecular weight excluding hydrogens is 306 g/mol. The van der Waals surface area contributed by atoms with E-state index < -0.39 is 35.2 Å². The number of amides is 2. The van der Waals surface area contributed by atoms with Crippen LogP contribution >= 0.6 is 0 Å². The highest BCUT2D eigenvalue weighted by atomic mass is 16.6. The lowest BCUT2D eigenvalue weighted by molar-refractivity contribution is -0.384. The molecule has 1 aromatic carbocycles. The summed E-state index contributed by atoms with van der Waals surface area (Å²) in [6, 6.07) is 2.99. The zero-order valence-corrected chi connectivity index (χ0v) is 12.0. The van der Waals surface area contributed by atoms with Crippen molar-refractivity contribution in [2.45, 2.75) is 37.8 Å². The Hall–Kier alpha value is -2.36. The second-order valence-electron chi connectivity index (χ2n) is 5.62. The summed E-state index contributed by atoms with van der Waals surface area (Å²) in [7, 11) is 0. The van der Waals surface area contributed by atoms with Gasteiger partial charge < -0.3 is 10.2 Å². The first-order valence-electron chi connectivity index (χ1n) is 7.14. The van der Waals surface area contributed by atoms with Crippen LogP contribution in [0.15, 0.2) is 18.2 Å². The minimum absolute atomic E-state index is 0.0646. The van der Waals surface area contributed by atoms with E-state index in [9.17, 15) is 29.9 Å². The number of hydrogen-bond acceptors (Lipinski definition) is 7. The standard InChI is InChI=1S/C14H15N3O6/c18-11-4-3-10(13(20)15-11)16-12(19)5-7-1-2-8(17(22)23)6-9(7)14(16)21/h1-2,6,10-11,13,15,18,20H,3-5H2. The zero-order valence-electron chi connectivity index (χ0n) is 12.0. The second kappa shape index (κ2) is 5.69. The van der Waals surface area contributed by atoms with Gasteiger partial charge >= 0.3 is 0 Å². The molecule has 3 unspecified atom stereocenters. The monoisotopic (exact) mass is 321 g/mol. The lowest BCUT2D eigenvalue weighted by Crippen LogP contribution is -2.61. The molecule has 0 aromatic heterocycles. The Morgan fingerprint density at radius 3 is 2.65 bits per heavy atom. The average molecular weight is 321 g/mol. The molecule has 23 heavy (non-hydrogen) atoms. The van der Waals surface area contributed by atoms with Crippen LogP contribution in [0.1, 0.15) is 28.8 Å². The second-order valence-corrected chi connectivity index (χ2v) is 5.62. The van der Waals surface area contributed by atoms with E-state index in [1.165, 1.54) is 12.1 Å². The number of aliphatic hydroxyl groups excluding tert-OH is 2. The van der Waals surface area contributed by atoms with E-state index in [0.29, 0.717) is 5.56 Å². The van der Waals surface area contributed by atoms with E-state index >= 15 is 0 Å². The van der Waals surface area contributed by atoms with Gasteiger partial charge in [0.1, 0.15) is 12.5 Å². The Morgan fingerprint density at radius 1 is 1.26 bits per heavy atom. The SMILES string of the molecule is O=C1Cc2ccc([N+](=O)[O-])cc2C(=O)N1C1CCC(O)NC1O. The number of nitrogens with zero attached hydrogens (tertiary/aromatic N) is 2. The van der Waals surface area contributed by atoms with Crippen LogP contribution in [-0.4, -0.2) is 50.3 Å². The highest BCUT2D eigenvalue weighted by Gasteiger charge is 2.41. The van der Waals surface area contributed by atoms with E-state index in [4.69, 9.17) is 0 Å². The van der Waals surface area contributed by atoms with Crippen molar-refractivity contribution in [3.8, 4) is 0 Å². The van der Waals surface area contributed by atoms with Crippen molar-refractivity contribution in [3.05, 3.63) is 39.4 Å². The lowest BCUT2D eigenvalue weighted by atomic mass is 9.93. The van der Waals surface area contributed by atoms with Crippen molar-refractivity contribution in [1.29, 1.82) is 0 Å². The molecule has 0 aliphatic carbocycles. The van der Waals surface area contributed by atoms with E-state index in [1.807, 2.05) is 0 Å². The molecule has 1 saturated heterocycles. The Kier molecular flexibility index (Phi) is 3.84. The minimum atomic E-state index is -1.24. The van der Waals surface area contributed by atoms with Gasteiger partial charge in [-0.05, 0) is 18.4 Å². The van der Waals surface area contributed by atoms with Gasteiger partial charge in [-0.3, -0.25) is 29.9 Å². The maximum atomic E-state index is 12.6. The van der Waals surface area contributed by atoms with Crippen molar-refractivity contribution in [2.24, 2.45) is 0 Å². The number of nitro benzene ring substituents is 1. The van der Waals surface area contributed by atoms with E-state index in [-0.39, 0.29) is 30.5 Å². The summed E-state index contributed by atoms with van der Waals surface area (Å²) in [5.74, 6) is -1.14. The number of hydrogen-bond donors (Lipinski definition) is 3. The maximum absolute atomic E-state index is 12.6. The number of carbonyl (C=O) groups excluding carboxylic acids is 2. The topological polar surface area (TPSA) is 133 Å². The van der Waals surface area contributed by atoms with Gasteiger partial charge in [-0.15, -0.1) is 0 Å². The third-order valence-electron chi connectivity index (χ3n) is 4.16. The normalized spacial score (nSPS) is 27.7. The van der Waals surface area contributed by atoms with Crippen molar-refractivity contribution in [2.75, 3.05) is 0 Å². The van der Waals surface area contributed by atoms with Gasteiger partial charge in [-0.2, -0.15) is 0 Å².